The molecule has 7 unspecified atom stereocenters. The third kappa shape index (κ3) is 1.85. The summed E-state index contributed by atoms with van der Waals surface area (Å²) in [6.07, 6.45) is 8.11. The quantitative estimate of drug-likeness (QED) is 0.581. The number of rotatable bonds is 1. The van der Waals surface area contributed by atoms with E-state index in [1.165, 1.54) is 31.9 Å². The Labute approximate surface area is 145 Å². The summed E-state index contributed by atoms with van der Waals surface area (Å²) < 4.78 is 5.20. The molecule has 134 valence electrons. The van der Waals surface area contributed by atoms with Gasteiger partial charge in [-0.05, 0) is 75.0 Å². The van der Waals surface area contributed by atoms with Gasteiger partial charge in [-0.25, -0.2) is 0 Å². The summed E-state index contributed by atoms with van der Waals surface area (Å²) in [4.78, 5) is 12.6. The summed E-state index contributed by atoms with van der Waals surface area (Å²) in [5.41, 5.74) is 1.08. The number of fused-ring (bicyclic) bond motifs is 3. The van der Waals surface area contributed by atoms with Crippen molar-refractivity contribution in [3.8, 4) is 0 Å². The number of ether oxygens (including phenoxy) is 1. The average molecular weight is 332 g/mol. The Balaban J connectivity index is 1.78. The van der Waals surface area contributed by atoms with Gasteiger partial charge < -0.3 is 9.84 Å². The summed E-state index contributed by atoms with van der Waals surface area (Å²) in [7, 11) is 1.51. The molecule has 0 heterocycles. The minimum absolute atomic E-state index is 0.0193. The van der Waals surface area contributed by atoms with E-state index in [4.69, 9.17) is 4.74 Å². The van der Waals surface area contributed by atoms with Gasteiger partial charge in [0.15, 0.2) is 0 Å². The highest BCUT2D eigenvalue weighted by molar-refractivity contribution is 5.77. The minimum atomic E-state index is -0.446. The van der Waals surface area contributed by atoms with Crippen LogP contribution in [0.5, 0.6) is 0 Å². The Bertz CT molecular complexity index is 584. The number of methoxy groups -OCH3 is 1. The second kappa shape index (κ2) is 5.09. The predicted molar refractivity (Wildman–Crippen MR) is 93.2 cm³/mol. The number of hydrogen-bond donors (Lipinski definition) is 1. The zero-order valence-corrected chi connectivity index (χ0v) is 15.4. The molecule has 3 heteroatoms. The molecule has 1 spiro atoms. The lowest BCUT2D eigenvalue weighted by atomic mass is 9.36. The summed E-state index contributed by atoms with van der Waals surface area (Å²) in [6.45, 7) is 8.83. The summed E-state index contributed by atoms with van der Waals surface area (Å²) in [5, 5.41) is 11.2. The molecule has 0 aromatic rings. The SMILES string of the molecule is C=C1CC23CCC1CC2C1(C)CCCC(C)(C(=O)OC)C1CC3O. The molecule has 1 N–H and O–H groups in total. The Kier molecular flexibility index (Phi) is 3.53. The average Bonchev–Trinajstić information content (AvgIpc) is 2.57. The first-order chi connectivity index (χ1) is 11.3. The smallest absolute Gasteiger partial charge is 0.311 e. The van der Waals surface area contributed by atoms with Crippen molar-refractivity contribution in [1.29, 1.82) is 0 Å². The van der Waals surface area contributed by atoms with Crippen LogP contribution in [0.4, 0.5) is 0 Å². The maximum Gasteiger partial charge on any atom is 0.311 e. The number of allylic oxidation sites excluding steroid dienone is 1. The highest BCUT2D eigenvalue weighted by atomic mass is 16.5. The molecule has 5 aliphatic rings. The van der Waals surface area contributed by atoms with Gasteiger partial charge in [0.2, 0.25) is 0 Å². The molecule has 0 aliphatic heterocycles. The van der Waals surface area contributed by atoms with Crippen LogP contribution in [-0.2, 0) is 9.53 Å². The highest BCUT2D eigenvalue weighted by Gasteiger charge is 2.67. The van der Waals surface area contributed by atoms with E-state index in [9.17, 15) is 9.90 Å². The fraction of sp³-hybridized carbons (Fsp3) is 0.857. The lowest BCUT2D eigenvalue weighted by Crippen LogP contribution is -2.65. The van der Waals surface area contributed by atoms with E-state index >= 15 is 0 Å². The van der Waals surface area contributed by atoms with E-state index < -0.39 is 5.41 Å². The zero-order chi connectivity index (χ0) is 17.3. The van der Waals surface area contributed by atoms with Gasteiger partial charge in [0, 0.05) is 5.41 Å². The van der Waals surface area contributed by atoms with Crippen LogP contribution >= 0.6 is 0 Å². The first-order valence-electron chi connectivity index (χ1n) is 9.72. The largest absolute Gasteiger partial charge is 0.469 e. The van der Waals surface area contributed by atoms with Crippen LogP contribution < -0.4 is 0 Å². The van der Waals surface area contributed by atoms with Crippen LogP contribution in [0, 0.1) is 34.0 Å². The molecule has 0 amide bonds. The van der Waals surface area contributed by atoms with Crippen LogP contribution in [0.25, 0.3) is 0 Å². The molecule has 0 aromatic carbocycles. The number of carbonyl (C=O) groups excluding carboxylic acids is 1. The van der Waals surface area contributed by atoms with Crippen molar-refractivity contribution in [3.05, 3.63) is 12.2 Å². The van der Waals surface area contributed by atoms with Crippen LogP contribution in [0.3, 0.4) is 0 Å². The Morgan fingerprint density at radius 3 is 2.62 bits per heavy atom. The summed E-state index contributed by atoms with van der Waals surface area (Å²) in [5.74, 6) is 1.30. The maximum atomic E-state index is 12.6. The van der Waals surface area contributed by atoms with Crippen molar-refractivity contribution in [1.82, 2.24) is 0 Å². The van der Waals surface area contributed by atoms with Crippen molar-refractivity contribution in [2.24, 2.45) is 34.0 Å². The van der Waals surface area contributed by atoms with Crippen molar-refractivity contribution in [2.75, 3.05) is 7.11 Å². The molecule has 5 fully saturated rings. The van der Waals surface area contributed by atoms with E-state index in [1.54, 1.807) is 0 Å². The van der Waals surface area contributed by atoms with Gasteiger partial charge in [-0.15, -0.1) is 0 Å². The van der Waals surface area contributed by atoms with Gasteiger partial charge in [-0.3, -0.25) is 4.79 Å². The minimum Gasteiger partial charge on any atom is -0.469 e. The third-order valence-corrected chi connectivity index (χ3v) is 8.85. The normalized spacial score (nSPS) is 53.2. The first kappa shape index (κ1) is 16.6. The molecule has 0 aromatic heterocycles. The van der Waals surface area contributed by atoms with Crippen LogP contribution in [0.2, 0.25) is 0 Å². The van der Waals surface area contributed by atoms with Crippen molar-refractivity contribution >= 4 is 5.97 Å². The Morgan fingerprint density at radius 2 is 1.96 bits per heavy atom. The first-order valence-corrected chi connectivity index (χ1v) is 9.72. The highest BCUT2D eigenvalue weighted by Crippen LogP contribution is 2.72. The summed E-state index contributed by atoms with van der Waals surface area (Å²) in [6, 6.07) is 0. The van der Waals surface area contributed by atoms with E-state index in [-0.39, 0.29) is 28.8 Å². The Hall–Kier alpha value is -0.830. The molecular formula is C21H32O3. The maximum absolute atomic E-state index is 12.6. The number of hydrogen-bond acceptors (Lipinski definition) is 3. The van der Waals surface area contributed by atoms with Crippen molar-refractivity contribution < 1.29 is 14.6 Å². The number of carbonyl (C=O) groups is 1. The van der Waals surface area contributed by atoms with E-state index in [0.29, 0.717) is 11.8 Å². The second-order valence-corrected chi connectivity index (χ2v) is 9.66. The number of aliphatic hydroxyl groups is 1. The van der Waals surface area contributed by atoms with Crippen molar-refractivity contribution in [2.45, 2.75) is 71.3 Å². The fourth-order valence-corrected chi connectivity index (χ4v) is 7.64. The molecule has 5 aliphatic carbocycles. The standard InChI is InChI=1S/C21H32O3/c1-13-12-21-9-6-14(13)10-16(21)19(2)7-5-8-20(3,18(23)24-4)15(19)11-17(21)22/h14-17,22H,1,5-12H2,2-4H3. The third-order valence-electron chi connectivity index (χ3n) is 8.85. The monoisotopic (exact) mass is 332 g/mol. The molecule has 24 heavy (non-hydrogen) atoms. The Morgan fingerprint density at radius 1 is 1.21 bits per heavy atom. The molecule has 3 nitrogen and oxygen atoms in total. The number of esters is 1. The predicted octanol–water partition coefficient (Wildman–Crippen LogP) is 4.10. The molecule has 0 saturated heterocycles. The lowest BCUT2D eigenvalue weighted by Gasteiger charge is -2.69. The lowest BCUT2D eigenvalue weighted by molar-refractivity contribution is -0.225. The fourth-order valence-electron chi connectivity index (χ4n) is 7.64. The molecule has 5 rings (SSSR count). The molecular weight excluding hydrogens is 300 g/mol. The van der Waals surface area contributed by atoms with Crippen LogP contribution in [0.1, 0.15) is 65.2 Å². The van der Waals surface area contributed by atoms with Crippen LogP contribution in [0.15, 0.2) is 12.2 Å². The molecule has 5 saturated carbocycles. The van der Waals surface area contributed by atoms with E-state index in [2.05, 4.69) is 20.4 Å². The van der Waals surface area contributed by atoms with E-state index in [1.807, 2.05) is 0 Å². The van der Waals surface area contributed by atoms with Gasteiger partial charge in [-0.2, -0.15) is 0 Å². The van der Waals surface area contributed by atoms with Gasteiger partial charge >= 0.3 is 5.97 Å². The number of aliphatic hydroxyl groups excluding tert-OH is 1. The molecule has 0 radical (unpaired) electrons. The van der Waals surface area contributed by atoms with E-state index in [0.717, 1.165) is 32.1 Å². The molecule has 7 atom stereocenters. The second-order valence-electron chi connectivity index (χ2n) is 9.66. The van der Waals surface area contributed by atoms with Gasteiger partial charge in [0.05, 0.1) is 18.6 Å². The van der Waals surface area contributed by atoms with Crippen LogP contribution in [-0.4, -0.2) is 24.3 Å². The van der Waals surface area contributed by atoms with Gasteiger partial charge in [0.1, 0.15) is 0 Å². The van der Waals surface area contributed by atoms with Gasteiger partial charge in [-0.1, -0.05) is 25.5 Å². The summed E-state index contributed by atoms with van der Waals surface area (Å²) >= 11 is 0. The van der Waals surface area contributed by atoms with Crippen molar-refractivity contribution in [3.63, 3.8) is 0 Å². The molecule has 2 bridgehead atoms. The van der Waals surface area contributed by atoms with Gasteiger partial charge in [0.25, 0.3) is 0 Å². The zero-order valence-electron chi connectivity index (χ0n) is 15.4. The topological polar surface area (TPSA) is 46.5 Å².